The first kappa shape index (κ1) is 21.2. The fraction of sp³-hybridized carbons (Fsp3) is 0.391. The molecule has 0 aliphatic carbocycles. The second-order valence-electron chi connectivity index (χ2n) is 7.80. The summed E-state index contributed by atoms with van der Waals surface area (Å²) in [5, 5.41) is 0.868. The molecule has 0 unspecified atom stereocenters. The van der Waals surface area contributed by atoms with Crippen molar-refractivity contribution in [3.8, 4) is 0 Å². The fourth-order valence-corrected chi connectivity index (χ4v) is 4.90. The second-order valence-corrected chi connectivity index (χ2v) is 8.68. The standard InChI is InChI=1S/C23H24Cl2N2O3/c24-19-14-17(15-20(25)16-19)21(28)26-8-10-27(11-9-26)22(29)23(6-12-30-13-7-23)18-4-2-1-3-5-18/h1-5,14-16H,6-13H2. The van der Waals surface area contributed by atoms with Crippen molar-refractivity contribution in [1.29, 1.82) is 0 Å². The van der Waals surface area contributed by atoms with Gasteiger partial charge in [0.05, 0.1) is 5.41 Å². The highest BCUT2D eigenvalue weighted by atomic mass is 35.5. The van der Waals surface area contributed by atoms with E-state index in [1.807, 2.05) is 35.2 Å². The summed E-state index contributed by atoms with van der Waals surface area (Å²) in [7, 11) is 0. The minimum absolute atomic E-state index is 0.115. The molecule has 0 bridgehead atoms. The highest BCUT2D eigenvalue weighted by Crippen LogP contribution is 2.37. The molecule has 0 spiro atoms. The molecule has 2 aromatic carbocycles. The smallest absolute Gasteiger partial charge is 0.254 e. The quantitative estimate of drug-likeness (QED) is 0.714. The average molecular weight is 447 g/mol. The van der Waals surface area contributed by atoms with Crippen LogP contribution >= 0.6 is 23.2 Å². The highest BCUT2D eigenvalue weighted by Gasteiger charge is 2.44. The van der Waals surface area contributed by atoms with Crippen molar-refractivity contribution in [1.82, 2.24) is 9.80 Å². The Morgan fingerprint density at radius 2 is 1.40 bits per heavy atom. The zero-order chi connectivity index (χ0) is 21.1. The van der Waals surface area contributed by atoms with E-state index in [2.05, 4.69) is 0 Å². The Morgan fingerprint density at radius 1 is 0.833 bits per heavy atom. The van der Waals surface area contributed by atoms with Crippen LogP contribution in [0.2, 0.25) is 10.0 Å². The summed E-state index contributed by atoms with van der Waals surface area (Å²) in [4.78, 5) is 30.1. The van der Waals surface area contributed by atoms with E-state index in [-0.39, 0.29) is 11.8 Å². The lowest BCUT2D eigenvalue weighted by Gasteiger charge is -2.43. The molecule has 30 heavy (non-hydrogen) atoms. The van der Waals surface area contributed by atoms with E-state index >= 15 is 0 Å². The van der Waals surface area contributed by atoms with Gasteiger partial charge in [0.2, 0.25) is 5.91 Å². The molecule has 0 radical (unpaired) electrons. The normalized spacial score (nSPS) is 18.9. The van der Waals surface area contributed by atoms with Crippen LogP contribution in [0.3, 0.4) is 0 Å². The number of carbonyl (C=O) groups excluding carboxylic acids is 2. The maximum atomic E-state index is 13.6. The zero-order valence-corrected chi connectivity index (χ0v) is 18.2. The number of hydrogen-bond acceptors (Lipinski definition) is 3. The topological polar surface area (TPSA) is 49.9 Å². The number of piperazine rings is 1. The molecule has 7 heteroatoms. The molecule has 2 fully saturated rings. The number of nitrogens with zero attached hydrogens (tertiary/aromatic N) is 2. The van der Waals surface area contributed by atoms with Gasteiger partial charge < -0.3 is 14.5 Å². The van der Waals surface area contributed by atoms with E-state index in [1.54, 1.807) is 23.1 Å². The summed E-state index contributed by atoms with van der Waals surface area (Å²) in [6.07, 6.45) is 1.35. The molecule has 0 saturated carbocycles. The molecule has 2 saturated heterocycles. The minimum Gasteiger partial charge on any atom is -0.381 e. The SMILES string of the molecule is O=C(c1cc(Cl)cc(Cl)c1)N1CCN(C(=O)C2(c3ccccc3)CCOCC2)CC1. The van der Waals surface area contributed by atoms with Gasteiger partial charge in [-0.05, 0) is 36.6 Å². The Balaban J connectivity index is 1.47. The average Bonchev–Trinajstić information content (AvgIpc) is 2.78. The lowest BCUT2D eigenvalue weighted by molar-refractivity contribution is -0.142. The largest absolute Gasteiger partial charge is 0.381 e. The van der Waals surface area contributed by atoms with Crippen LogP contribution in [-0.2, 0) is 14.9 Å². The van der Waals surface area contributed by atoms with Crippen LogP contribution < -0.4 is 0 Å². The first-order valence-electron chi connectivity index (χ1n) is 10.2. The van der Waals surface area contributed by atoms with Crippen molar-refractivity contribution in [3.63, 3.8) is 0 Å². The molecule has 0 aromatic heterocycles. The number of hydrogen-bond donors (Lipinski definition) is 0. The maximum absolute atomic E-state index is 13.6. The van der Waals surface area contributed by atoms with Gasteiger partial charge in [-0.3, -0.25) is 9.59 Å². The molecular weight excluding hydrogens is 423 g/mol. The zero-order valence-electron chi connectivity index (χ0n) is 16.7. The minimum atomic E-state index is -0.549. The van der Waals surface area contributed by atoms with E-state index < -0.39 is 5.41 Å². The highest BCUT2D eigenvalue weighted by molar-refractivity contribution is 6.35. The van der Waals surface area contributed by atoms with E-state index in [1.165, 1.54) is 0 Å². The van der Waals surface area contributed by atoms with Gasteiger partial charge in [0.1, 0.15) is 0 Å². The number of benzene rings is 2. The first-order valence-corrected chi connectivity index (χ1v) is 10.9. The fourth-order valence-electron chi connectivity index (χ4n) is 4.38. The number of amides is 2. The van der Waals surface area contributed by atoms with Crippen molar-refractivity contribution in [2.24, 2.45) is 0 Å². The Labute approximate surface area is 186 Å². The molecule has 2 amide bonds. The second kappa shape index (κ2) is 8.96. The van der Waals surface area contributed by atoms with Crippen LogP contribution in [0.25, 0.3) is 0 Å². The van der Waals surface area contributed by atoms with Gasteiger partial charge in [-0.2, -0.15) is 0 Å². The van der Waals surface area contributed by atoms with Gasteiger partial charge in [0, 0.05) is 55.0 Å². The van der Waals surface area contributed by atoms with Crippen LogP contribution in [0.1, 0.15) is 28.8 Å². The molecule has 0 N–H and O–H groups in total. The summed E-state index contributed by atoms with van der Waals surface area (Å²) < 4.78 is 5.56. The molecule has 2 aromatic rings. The van der Waals surface area contributed by atoms with Gasteiger partial charge in [0.15, 0.2) is 0 Å². The number of halogens is 2. The summed E-state index contributed by atoms with van der Waals surface area (Å²) in [5.41, 5.74) is 0.967. The Bertz CT molecular complexity index is 901. The maximum Gasteiger partial charge on any atom is 0.254 e. The monoisotopic (exact) mass is 446 g/mol. The van der Waals surface area contributed by atoms with Crippen LogP contribution in [0.5, 0.6) is 0 Å². The number of rotatable bonds is 3. The summed E-state index contributed by atoms with van der Waals surface area (Å²) >= 11 is 12.1. The molecule has 4 rings (SSSR count). The molecular formula is C23H24Cl2N2O3. The third kappa shape index (κ3) is 4.20. The van der Waals surface area contributed by atoms with Gasteiger partial charge >= 0.3 is 0 Å². The van der Waals surface area contributed by atoms with E-state index in [9.17, 15) is 9.59 Å². The predicted molar refractivity (Wildman–Crippen MR) is 117 cm³/mol. The van der Waals surface area contributed by atoms with Crippen molar-refractivity contribution >= 4 is 35.0 Å². The van der Waals surface area contributed by atoms with E-state index in [4.69, 9.17) is 27.9 Å². The van der Waals surface area contributed by atoms with Gasteiger partial charge in [-0.1, -0.05) is 53.5 Å². The number of carbonyl (C=O) groups is 2. The van der Waals surface area contributed by atoms with Crippen LogP contribution in [0.15, 0.2) is 48.5 Å². The number of ether oxygens (including phenoxy) is 1. The lowest BCUT2D eigenvalue weighted by atomic mass is 9.73. The van der Waals surface area contributed by atoms with E-state index in [0.29, 0.717) is 67.8 Å². The molecule has 2 heterocycles. The predicted octanol–water partition coefficient (Wildman–Crippen LogP) is 4.03. The van der Waals surface area contributed by atoms with Gasteiger partial charge in [-0.25, -0.2) is 0 Å². The van der Waals surface area contributed by atoms with Crippen molar-refractivity contribution < 1.29 is 14.3 Å². The third-order valence-electron chi connectivity index (χ3n) is 6.05. The molecule has 5 nitrogen and oxygen atoms in total. The molecule has 158 valence electrons. The van der Waals surface area contributed by atoms with E-state index in [0.717, 1.165) is 5.56 Å². The van der Waals surface area contributed by atoms with Crippen molar-refractivity contribution in [2.45, 2.75) is 18.3 Å². The third-order valence-corrected chi connectivity index (χ3v) is 6.48. The van der Waals surface area contributed by atoms with Gasteiger partial charge in [-0.15, -0.1) is 0 Å². The summed E-state index contributed by atoms with van der Waals surface area (Å²) in [6, 6.07) is 14.8. The molecule has 0 atom stereocenters. The van der Waals surface area contributed by atoms with Crippen LogP contribution in [0, 0.1) is 0 Å². The summed E-state index contributed by atoms with van der Waals surface area (Å²) in [5.74, 6) is 0.0187. The van der Waals surface area contributed by atoms with Crippen LogP contribution in [-0.4, -0.2) is 61.0 Å². The lowest BCUT2D eigenvalue weighted by Crippen LogP contribution is -2.56. The molecule has 2 aliphatic heterocycles. The van der Waals surface area contributed by atoms with Crippen LogP contribution in [0.4, 0.5) is 0 Å². The first-order chi connectivity index (χ1) is 14.5. The Kier molecular flexibility index (Phi) is 6.32. The van der Waals surface area contributed by atoms with Crippen molar-refractivity contribution in [2.75, 3.05) is 39.4 Å². The summed E-state index contributed by atoms with van der Waals surface area (Å²) in [6.45, 7) is 3.14. The van der Waals surface area contributed by atoms with Crippen molar-refractivity contribution in [3.05, 3.63) is 69.7 Å². The molecule has 2 aliphatic rings. The van der Waals surface area contributed by atoms with Gasteiger partial charge in [0.25, 0.3) is 5.91 Å². The Hall–Kier alpha value is -2.08. The Morgan fingerprint density at radius 3 is 2.00 bits per heavy atom.